The molecular formula is C20H19F2NO4S2. The van der Waals surface area contributed by atoms with Gasteiger partial charge in [-0.3, -0.25) is 4.79 Å². The van der Waals surface area contributed by atoms with Crippen molar-refractivity contribution in [2.24, 2.45) is 0 Å². The molecule has 0 aliphatic rings. The van der Waals surface area contributed by atoms with E-state index in [4.69, 9.17) is 4.74 Å². The minimum Gasteiger partial charge on any atom is -0.495 e. The molecular weight excluding hydrogens is 420 g/mol. The second kappa shape index (κ2) is 9.71. The zero-order valence-corrected chi connectivity index (χ0v) is 17.5. The molecule has 0 spiro atoms. The van der Waals surface area contributed by atoms with Crippen LogP contribution >= 0.6 is 23.1 Å². The number of aliphatic carboxylic acids is 1. The number of hydrogen-bond acceptors (Lipinski definition) is 5. The van der Waals surface area contributed by atoms with Crippen LogP contribution in [0.2, 0.25) is 0 Å². The number of carboxylic acids is 1. The minimum atomic E-state index is -1.36. The molecule has 1 aromatic heterocycles. The van der Waals surface area contributed by atoms with Gasteiger partial charge < -0.3 is 15.2 Å². The van der Waals surface area contributed by atoms with Crippen LogP contribution in [0.3, 0.4) is 0 Å². The van der Waals surface area contributed by atoms with Gasteiger partial charge in [-0.15, -0.1) is 23.1 Å². The summed E-state index contributed by atoms with van der Waals surface area (Å²) in [7, 11) is 1.46. The van der Waals surface area contributed by atoms with Crippen molar-refractivity contribution < 1.29 is 28.2 Å². The van der Waals surface area contributed by atoms with E-state index in [2.05, 4.69) is 11.9 Å². The molecule has 1 aromatic carbocycles. The molecule has 0 radical (unpaired) electrons. The van der Waals surface area contributed by atoms with Gasteiger partial charge in [0.2, 0.25) is 0 Å². The number of thiophene rings is 1. The summed E-state index contributed by atoms with van der Waals surface area (Å²) < 4.78 is 33.5. The predicted molar refractivity (Wildman–Crippen MR) is 111 cm³/mol. The fraction of sp³-hybridized carbons (Fsp3) is 0.200. The van der Waals surface area contributed by atoms with Crippen LogP contribution in [-0.4, -0.2) is 29.5 Å². The van der Waals surface area contributed by atoms with E-state index < -0.39 is 28.6 Å². The molecule has 0 saturated carbocycles. The number of ether oxygens (including phenoxy) is 1. The molecule has 0 aliphatic heterocycles. The van der Waals surface area contributed by atoms with Crippen LogP contribution in [0, 0.1) is 18.6 Å². The van der Waals surface area contributed by atoms with Gasteiger partial charge in [0.05, 0.1) is 23.6 Å². The van der Waals surface area contributed by atoms with E-state index in [9.17, 15) is 23.5 Å². The van der Waals surface area contributed by atoms with Gasteiger partial charge in [0.15, 0.2) is 11.6 Å². The zero-order chi connectivity index (χ0) is 21.7. The fourth-order valence-corrected chi connectivity index (χ4v) is 3.90. The number of methoxy groups -OCH3 is 1. The average Bonchev–Trinajstić information content (AvgIpc) is 3.16. The summed E-state index contributed by atoms with van der Waals surface area (Å²) in [4.78, 5) is 23.7. The first kappa shape index (κ1) is 22.6. The molecule has 0 saturated heterocycles. The van der Waals surface area contributed by atoms with Gasteiger partial charge >= 0.3 is 5.97 Å². The Balaban J connectivity index is 2.26. The summed E-state index contributed by atoms with van der Waals surface area (Å²) >= 11 is 2.35. The van der Waals surface area contributed by atoms with Crippen molar-refractivity contribution in [3.05, 3.63) is 68.8 Å². The Morgan fingerprint density at radius 1 is 1.28 bits per heavy atom. The smallest absolute Gasteiger partial charge is 0.335 e. The maximum atomic E-state index is 14.4. The number of rotatable bonds is 8. The van der Waals surface area contributed by atoms with Gasteiger partial charge in [-0.1, -0.05) is 18.7 Å². The zero-order valence-electron chi connectivity index (χ0n) is 15.9. The second-order valence-corrected chi connectivity index (χ2v) is 7.94. The van der Waals surface area contributed by atoms with Crippen LogP contribution in [0.1, 0.15) is 28.4 Å². The molecule has 1 amide bonds. The Morgan fingerprint density at radius 3 is 2.59 bits per heavy atom. The molecule has 1 atom stereocenters. The normalized spacial score (nSPS) is 12.4. The molecule has 0 aliphatic carbocycles. The lowest BCUT2D eigenvalue weighted by molar-refractivity contribution is -0.132. The predicted octanol–water partition coefficient (Wildman–Crippen LogP) is 4.83. The number of carbonyl (C=O) groups excluding carboxylic acids is 1. The molecule has 154 valence electrons. The van der Waals surface area contributed by atoms with E-state index in [1.54, 1.807) is 17.7 Å². The number of carboxylic acid groups (broad SMARTS) is 1. The fourth-order valence-electron chi connectivity index (χ4n) is 2.34. The summed E-state index contributed by atoms with van der Waals surface area (Å²) in [6, 6.07) is 2.66. The van der Waals surface area contributed by atoms with E-state index in [-0.39, 0.29) is 22.6 Å². The molecule has 5 nitrogen and oxygen atoms in total. The van der Waals surface area contributed by atoms with Crippen molar-refractivity contribution >= 4 is 40.5 Å². The van der Waals surface area contributed by atoms with Crippen LogP contribution in [0.5, 0.6) is 5.75 Å². The number of halogens is 2. The maximum absolute atomic E-state index is 14.4. The highest BCUT2D eigenvalue weighted by Crippen LogP contribution is 2.31. The number of aryl methyl sites for hydroxylation is 1. The van der Waals surface area contributed by atoms with Crippen molar-refractivity contribution in [1.29, 1.82) is 0 Å². The van der Waals surface area contributed by atoms with Crippen molar-refractivity contribution in [2.45, 2.75) is 19.2 Å². The lowest BCUT2D eigenvalue weighted by Crippen LogP contribution is -2.29. The molecule has 1 heterocycles. The summed E-state index contributed by atoms with van der Waals surface area (Å²) in [5.41, 5.74) is -0.211. The molecule has 29 heavy (non-hydrogen) atoms. The molecule has 2 N–H and O–H groups in total. The SMILES string of the molecule is C=C(C(=O)O)C(=CSC(C)NC(=O)c1cscc1OC)c1ccc(C)c(F)c1F. The second-order valence-electron chi connectivity index (χ2n) is 5.98. The van der Waals surface area contributed by atoms with Gasteiger partial charge in [-0.25, -0.2) is 13.6 Å². The van der Waals surface area contributed by atoms with Gasteiger partial charge in [-0.2, -0.15) is 0 Å². The van der Waals surface area contributed by atoms with E-state index in [0.29, 0.717) is 11.3 Å². The van der Waals surface area contributed by atoms with Gasteiger partial charge in [0.25, 0.3) is 5.91 Å². The molecule has 1 unspecified atom stereocenters. The summed E-state index contributed by atoms with van der Waals surface area (Å²) in [5.74, 6) is -3.50. The Morgan fingerprint density at radius 2 is 1.97 bits per heavy atom. The first-order chi connectivity index (χ1) is 13.7. The first-order valence-electron chi connectivity index (χ1n) is 8.31. The van der Waals surface area contributed by atoms with Crippen LogP contribution in [0.15, 0.2) is 40.5 Å². The third-order valence-corrected chi connectivity index (χ3v) is 5.58. The lowest BCUT2D eigenvalue weighted by atomic mass is 9.99. The van der Waals surface area contributed by atoms with Crippen molar-refractivity contribution in [3.8, 4) is 5.75 Å². The Bertz CT molecular complexity index is 985. The highest BCUT2D eigenvalue weighted by Gasteiger charge is 2.21. The van der Waals surface area contributed by atoms with Crippen molar-refractivity contribution in [3.63, 3.8) is 0 Å². The van der Waals surface area contributed by atoms with Crippen molar-refractivity contribution in [1.82, 2.24) is 5.32 Å². The topological polar surface area (TPSA) is 75.6 Å². The Kier molecular flexibility index (Phi) is 7.58. The summed E-state index contributed by atoms with van der Waals surface area (Å²) in [5, 5.41) is 16.2. The molecule has 0 fully saturated rings. The summed E-state index contributed by atoms with van der Waals surface area (Å²) in [6.45, 7) is 6.53. The molecule has 0 bridgehead atoms. The Hall–Kier alpha value is -2.65. The quantitative estimate of drug-likeness (QED) is 0.350. The van der Waals surface area contributed by atoms with E-state index in [0.717, 1.165) is 11.8 Å². The largest absolute Gasteiger partial charge is 0.495 e. The Labute approximate surface area is 175 Å². The van der Waals surface area contributed by atoms with Gasteiger partial charge in [0.1, 0.15) is 5.75 Å². The number of nitrogens with one attached hydrogen (secondary N) is 1. The lowest BCUT2D eigenvalue weighted by Gasteiger charge is -2.14. The molecule has 2 aromatic rings. The number of hydrogen-bond donors (Lipinski definition) is 2. The van der Waals surface area contributed by atoms with Gasteiger partial charge in [0, 0.05) is 21.9 Å². The van der Waals surface area contributed by atoms with E-state index in [1.165, 1.54) is 42.9 Å². The van der Waals surface area contributed by atoms with Crippen LogP contribution < -0.4 is 10.1 Å². The van der Waals surface area contributed by atoms with Crippen LogP contribution in [0.25, 0.3) is 5.57 Å². The average molecular weight is 440 g/mol. The molecule has 2 rings (SSSR count). The highest BCUT2D eigenvalue weighted by molar-refractivity contribution is 8.02. The minimum absolute atomic E-state index is 0.0758. The number of thioether (sulfide) groups is 1. The summed E-state index contributed by atoms with van der Waals surface area (Å²) in [6.07, 6.45) is 0. The maximum Gasteiger partial charge on any atom is 0.335 e. The van der Waals surface area contributed by atoms with E-state index in [1.807, 2.05) is 0 Å². The number of amides is 1. The highest BCUT2D eigenvalue weighted by atomic mass is 32.2. The van der Waals surface area contributed by atoms with Crippen LogP contribution in [0.4, 0.5) is 8.78 Å². The standard InChI is InChI=1S/C20H19F2NO4S2/c1-10-5-6-13(18(22)17(10)21)14(11(2)20(25)26)8-29-12(3)23-19(24)15-7-28-9-16(15)27-4/h5-9,12H,2H2,1,3-4H3,(H,23,24)(H,25,26). The molecule has 9 heteroatoms. The number of carbonyl (C=O) groups is 2. The monoisotopic (exact) mass is 439 g/mol. The third-order valence-electron chi connectivity index (χ3n) is 3.96. The third kappa shape index (κ3) is 5.24. The first-order valence-corrected chi connectivity index (χ1v) is 10.2. The van der Waals surface area contributed by atoms with Crippen molar-refractivity contribution in [2.75, 3.05) is 7.11 Å². The van der Waals surface area contributed by atoms with Crippen LogP contribution in [-0.2, 0) is 4.79 Å². The number of benzene rings is 1. The van der Waals surface area contributed by atoms with E-state index >= 15 is 0 Å². The van der Waals surface area contributed by atoms with Gasteiger partial charge in [-0.05, 0) is 24.8 Å².